The summed E-state index contributed by atoms with van der Waals surface area (Å²) < 4.78 is 0. The van der Waals surface area contributed by atoms with E-state index in [1.807, 2.05) is 6.07 Å². The number of likely N-dealkylation sites (tertiary alicyclic amines) is 1. The van der Waals surface area contributed by atoms with E-state index in [0.717, 1.165) is 37.0 Å². The molecule has 1 aromatic heterocycles. The standard InChI is InChI=1S/C20H26N4O/c1-15-9-16(2)13-24(12-15)14-18-6-4-3-5-17(18)10-23-20(25)19-11-21-7-8-22-19/h3-8,11,15-16H,9-10,12-14H2,1-2H3,(H,23,25)/t15-,16-/m0/s1. The summed E-state index contributed by atoms with van der Waals surface area (Å²) in [5.74, 6) is 1.29. The molecule has 25 heavy (non-hydrogen) atoms. The van der Waals surface area contributed by atoms with Crippen LogP contribution in [0, 0.1) is 11.8 Å². The van der Waals surface area contributed by atoms with Crippen LogP contribution in [0.15, 0.2) is 42.9 Å². The minimum atomic E-state index is -0.192. The van der Waals surface area contributed by atoms with Gasteiger partial charge in [0.25, 0.3) is 5.91 Å². The second kappa shape index (κ2) is 8.21. The van der Waals surface area contributed by atoms with Crippen molar-refractivity contribution in [1.29, 1.82) is 0 Å². The topological polar surface area (TPSA) is 58.1 Å². The van der Waals surface area contributed by atoms with Gasteiger partial charge in [-0.3, -0.25) is 14.7 Å². The summed E-state index contributed by atoms with van der Waals surface area (Å²) in [6.07, 6.45) is 5.89. The molecule has 1 aliphatic heterocycles. The molecule has 1 amide bonds. The Kier molecular flexibility index (Phi) is 5.76. The Morgan fingerprint density at radius 3 is 2.56 bits per heavy atom. The van der Waals surface area contributed by atoms with Crippen LogP contribution in [0.5, 0.6) is 0 Å². The van der Waals surface area contributed by atoms with Gasteiger partial charge in [0.05, 0.1) is 6.20 Å². The summed E-state index contributed by atoms with van der Waals surface area (Å²) in [5, 5.41) is 2.95. The van der Waals surface area contributed by atoms with Gasteiger partial charge < -0.3 is 5.32 Å². The quantitative estimate of drug-likeness (QED) is 0.911. The number of hydrogen-bond donors (Lipinski definition) is 1. The average Bonchev–Trinajstić information content (AvgIpc) is 2.60. The van der Waals surface area contributed by atoms with E-state index in [4.69, 9.17) is 0 Å². The van der Waals surface area contributed by atoms with Crippen LogP contribution in [0.3, 0.4) is 0 Å². The van der Waals surface area contributed by atoms with Crippen molar-refractivity contribution in [2.75, 3.05) is 13.1 Å². The van der Waals surface area contributed by atoms with Gasteiger partial charge in [0.1, 0.15) is 5.69 Å². The van der Waals surface area contributed by atoms with Crippen LogP contribution in [-0.2, 0) is 13.1 Å². The normalized spacial score (nSPS) is 21.0. The van der Waals surface area contributed by atoms with Gasteiger partial charge in [-0.1, -0.05) is 38.1 Å². The number of aromatic nitrogens is 2. The zero-order chi connectivity index (χ0) is 17.6. The third kappa shape index (κ3) is 4.86. The van der Waals surface area contributed by atoms with E-state index in [9.17, 15) is 4.79 Å². The molecule has 1 fully saturated rings. The predicted octanol–water partition coefficient (Wildman–Crippen LogP) is 2.88. The van der Waals surface area contributed by atoms with Gasteiger partial charge >= 0.3 is 0 Å². The monoisotopic (exact) mass is 338 g/mol. The maximum atomic E-state index is 12.2. The predicted molar refractivity (Wildman–Crippen MR) is 97.9 cm³/mol. The van der Waals surface area contributed by atoms with E-state index in [0.29, 0.717) is 12.2 Å². The maximum Gasteiger partial charge on any atom is 0.271 e. The molecule has 1 N–H and O–H groups in total. The smallest absolute Gasteiger partial charge is 0.271 e. The molecule has 1 aromatic carbocycles. The molecule has 5 nitrogen and oxygen atoms in total. The molecule has 1 saturated heterocycles. The zero-order valence-corrected chi connectivity index (χ0v) is 15.0. The van der Waals surface area contributed by atoms with Gasteiger partial charge in [0.15, 0.2) is 0 Å². The van der Waals surface area contributed by atoms with Gasteiger partial charge in [-0.2, -0.15) is 0 Å². The Morgan fingerprint density at radius 1 is 1.16 bits per heavy atom. The molecule has 5 heteroatoms. The number of rotatable bonds is 5. The minimum absolute atomic E-state index is 0.192. The van der Waals surface area contributed by atoms with Crippen LogP contribution in [-0.4, -0.2) is 33.9 Å². The van der Waals surface area contributed by atoms with Crippen LogP contribution in [0.1, 0.15) is 41.9 Å². The first-order valence-electron chi connectivity index (χ1n) is 8.95. The van der Waals surface area contributed by atoms with E-state index in [1.165, 1.54) is 24.4 Å². The average molecular weight is 338 g/mol. The lowest BCUT2D eigenvalue weighted by Crippen LogP contribution is -2.38. The summed E-state index contributed by atoms with van der Waals surface area (Å²) in [6, 6.07) is 8.34. The molecule has 2 aromatic rings. The molecule has 1 aliphatic rings. The van der Waals surface area contributed by atoms with Crippen molar-refractivity contribution in [2.45, 2.75) is 33.4 Å². The van der Waals surface area contributed by atoms with E-state index in [1.54, 1.807) is 6.20 Å². The van der Waals surface area contributed by atoms with Gasteiger partial charge in [-0.25, -0.2) is 4.98 Å². The highest BCUT2D eigenvalue weighted by molar-refractivity contribution is 5.91. The highest BCUT2D eigenvalue weighted by atomic mass is 16.1. The molecule has 3 rings (SSSR count). The molecule has 0 bridgehead atoms. The molecular formula is C20H26N4O. The fourth-order valence-corrected chi connectivity index (χ4v) is 3.73. The number of amides is 1. The number of nitrogens with zero attached hydrogens (tertiary/aromatic N) is 3. The third-order valence-corrected chi connectivity index (χ3v) is 4.69. The maximum absolute atomic E-state index is 12.2. The summed E-state index contributed by atoms with van der Waals surface area (Å²) in [4.78, 5) is 22.7. The molecule has 0 aliphatic carbocycles. The largest absolute Gasteiger partial charge is 0.347 e. The Balaban J connectivity index is 1.64. The number of carbonyl (C=O) groups excluding carboxylic acids is 1. The molecular weight excluding hydrogens is 312 g/mol. The molecule has 0 spiro atoms. The molecule has 0 radical (unpaired) electrons. The van der Waals surface area contributed by atoms with Crippen LogP contribution < -0.4 is 5.32 Å². The van der Waals surface area contributed by atoms with Crippen molar-refractivity contribution in [3.8, 4) is 0 Å². The Hall–Kier alpha value is -2.27. The number of piperidine rings is 1. The fraction of sp³-hybridized carbons (Fsp3) is 0.450. The SMILES string of the molecule is C[C@H]1C[C@H](C)CN(Cc2ccccc2CNC(=O)c2cnccn2)C1. The lowest BCUT2D eigenvalue weighted by Gasteiger charge is -2.35. The van der Waals surface area contributed by atoms with Crippen molar-refractivity contribution < 1.29 is 4.79 Å². The zero-order valence-electron chi connectivity index (χ0n) is 15.0. The third-order valence-electron chi connectivity index (χ3n) is 4.69. The minimum Gasteiger partial charge on any atom is -0.347 e. The number of hydrogen-bond acceptors (Lipinski definition) is 4. The fourth-order valence-electron chi connectivity index (χ4n) is 3.73. The van der Waals surface area contributed by atoms with Gasteiger partial charge in [-0.15, -0.1) is 0 Å². The first-order valence-corrected chi connectivity index (χ1v) is 8.95. The van der Waals surface area contributed by atoms with Crippen LogP contribution in [0.4, 0.5) is 0 Å². The van der Waals surface area contributed by atoms with E-state index >= 15 is 0 Å². The molecule has 132 valence electrons. The summed E-state index contributed by atoms with van der Waals surface area (Å²) in [6.45, 7) is 8.39. The van der Waals surface area contributed by atoms with Gasteiger partial charge in [0.2, 0.25) is 0 Å². The Bertz CT molecular complexity index is 694. The highest BCUT2D eigenvalue weighted by Crippen LogP contribution is 2.23. The van der Waals surface area contributed by atoms with Crippen molar-refractivity contribution in [1.82, 2.24) is 20.2 Å². The molecule has 0 saturated carbocycles. The number of nitrogens with one attached hydrogen (secondary N) is 1. The Morgan fingerprint density at radius 2 is 1.88 bits per heavy atom. The van der Waals surface area contributed by atoms with Crippen molar-refractivity contribution >= 4 is 5.91 Å². The Labute approximate surface area is 149 Å². The van der Waals surface area contributed by atoms with Crippen molar-refractivity contribution in [3.63, 3.8) is 0 Å². The lowest BCUT2D eigenvalue weighted by atomic mass is 9.91. The summed E-state index contributed by atoms with van der Waals surface area (Å²) in [5.41, 5.74) is 2.78. The molecule has 0 unspecified atom stereocenters. The second-order valence-electron chi connectivity index (χ2n) is 7.18. The van der Waals surface area contributed by atoms with Gasteiger partial charge in [-0.05, 0) is 29.4 Å². The van der Waals surface area contributed by atoms with Gasteiger partial charge in [0, 0.05) is 38.6 Å². The molecule has 2 heterocycles. The van der Waals surface area contributed by atoms with Crippen LogP contribution in [0.2, 0.25) is 0 Å². The van der Waals surface area contributed by atoms with Crippen LogP contribution in [0.25, 0.3) is 0 Å². The van der Waals surface area contributed by atoms with Crippen LogP contribution >= 0.6 is 0 Å². The number of carbonyl (C=O) groups is 1. The van der Waals surface area contributed by atoms with E-state index < -0.39 is 0 Å². The summed E-state index contributed by atoms with van der Waals surface area (Å²) in [7, 11) is 0. The van der Waals surface area contributed by atoms with E-state index in [-0.39, 0.29) is 5.91 Å². The first kappa shape index (κ1) is 17.5. The second-order valence-corrected chi connectivity index (χ2v) is 7.18. The lowest BCUT2D eigenvalue weighted by molar-refractivity contribution is 0.0945. The highest BCUT2D eigenvalue weighted by Gasteiger charge is 2.22. The summed E-state index contributed by atoms with van der Waals surface area (Å²) >= 11 is 0. The van der Waals surface area contributed by atoms with Crippen molar-refractivity contribution in [3.05, 3.63) is 59.7 Å². The molecule has 2 atom stereocenters. The van der Waals surface area contributed by atoms with E-state index in [2.05, 4.69) is 52.2 Å². The first-order chi connectivity index (χ1) is 12.1. The van der Waals surface area contributed by atoms with Crippen molar-refractivity contribution in [2.24, 2.45) is 11.8 Å². The number of benzene rings is 1.